The van der Waals surface area contributed by atoms with Crippen LogP contribution in [-0.4, -0.2) is 52.3 Å². The van der Waals surface area contributed by atoms with E-state index in [1.54, 1.807) is 4.90 Å². The topological polar surface area (TPSA) is 48.0 Å². The fourth-order valence-electron chi connectivity index (χ4n) is 2.90. The molecule has 5 nitrogen and oxygen atoms in total. The molecule has 2 saturated heterocycles. The summed E-state index contributed by atoms with van der Waals surface area (Å²) in [5.74, 6) is 1.96. The first-order valence-electron chi connectivity index (χ1n) is 8.40. The van der Waals surface area contributed by atoms with Crippen LogP contribution in [0.25, 0.3) is 0 Å². The highest BCUT2D eigenvalue weighted by molar-refractivity contribution is 6.67. The van der Waals surface area contributed by atoms with Gasteiger partial charge in [-0.3, -0.25) is 0 Å². The predicted molar refractivity (Wildman–Crippen MR) is 101 cm³/mol. The van der Waals surface area contributed by atoms with Crippen molar-refractivity contribution in [2.45, 2.75) is 68.5 Å². The molecule has 0 N–H and O–H groups in total. The highest BCUT2D eigenvalue weighted by atomic mass is 35.6. The van der Waals surface area contributed by atoms with E-state index in [4.69, 9.17) is 48.8 Å². The van der Waals surface area contributed by atoms with E-state index in [1.807, 2.05) is 40.6 Å². The molecule has 0 aromatic carbocycles. The largest absolute Gasteiger partial charge is 0.487 e. The summed E-state index contributed by atoms with van der Waals surface area (Å²) in [6, 6.07) is 0.0524. The minimum atomic E-state index is -1.61. The number of alkyl halides is 3. The summed E-state index contributed by atoms with van der Waals surface area (Å²) in [7, 11) is -0.422. The molecule has 2 aliphatic heterocycles. The number of hydrogen-bond donors (Lipinski definition) is 0. The van der Waals surface area contributed by atoms with Crippen LogP contribution in [0.5, 0.6) is 0 Å². The Morgan fingerprint density at radius 3 is 2.36 bits per heavy atom. The zero-order chi connectivity index (χ0) is 19.0. The van der Waals surface area contributed by atoms with Gasteiger partial charge in [0.2, 0.25) is 3.79 Å². The molecule has 0 aromatic rings. The Morgan fingerprint density at radius 2 is 1.88 bits per heavy atom. The van der Waals surface area contributed by atoms with Gasteiger partial charge in [-0.2, -0.15) is 0 Å². The third-order valence-electron chi connectivity index (χ3n) is 5.02. The lowest BCUT2D eigenvalue weighted by Gasteiger charge is -2.32. The SMILES string of the molecule is CC[C@@H]1CC(=CB2OC(C)(C)C(C)(C)O2)CN1C(=O)OCC(Cl)(Cl)Cl. The van der Waals surface area contributed by atoms with Crippen molar-refractivity contribution in [2.75, 3.05) is 13.2 Å². The highest BCUT2D eigenvalue weighted by Gasteiger charge is 2.50. The molecular formula is C16H25BCl3NO4. The Kier molecular flexibility index (Phi) is 6.33. The molecule has 0 aliphatic carbocycles. The van der Waals surface area contributed by atoms with Crippen LogP contribution in [-0.2, 0) is 14.0 Å². The van der Waals surface area contributed by atoms with Crippen LogP contribution < -0.4 is 0 Å². The van der Waals surface area contributed by atoms with Gasteiger partial charge in [0.05, 0.1) is 11.2 Å². The lowest BCUT2D eigenvalue weighted by atomic mass is 9.86. The average molecular weight is 413 g/mol. The fraction of sp³-hybridized carbons (Fsp3) is 0.812. The van der Waals surface area contributed by atoms with Crippen LogP contribution in [0, 0.1) is 0 Å². The first-order chi connectivity index (χ1) is 11.3. The number of amides is 1. The molecule has 0 aromatic heterocycles. The maximum atomic E-state index is 12.3. The zero-order valence-electron chi connectivity index (χ0n) is 15.3. The third-order valence-corrected chi connectivity index (χ3v) is 5.35. The van der Waals surface area contributed by atoms with Crippen molar-refractivity contribution in [2.24, 2.45) is 0 Å². The summed E-state index contributed by atoms with van der Waals surface area (Å²) in [5.41, 5.74) is 0.303. The minimum absolute atomic E-state index is 0.0524. The van der Waals surface area contributed by atoms with E-state index in [-0.39, 0.29) is 23.9 Å². The van der Waals surface area contributed by atoms with Gasteiger partial charge in [0.15, 0.2) is 0 Å². The van der Waals surface area contributed by atoms with Gasteiger partial charge >= 0.3 is 13.2 Å². The van der Waals surface area contributed by atoms with Crippen molar-refractivity contribution in [3.8, 4) is 0 Å². The Hall–Kier alpha value is -0.135. The summed E-state index contributed by atoms with van der Waals surface area (Å²) in [5, 5.41) is 0. The van der Waals surface area contributed by atoms with Crippen LogP contribution in [0.2, 0.25) is 0 Å². The minimum Gasteiger partial charge on any atom is -0.445 e. The molecule has 0 bridgehead atoms. The summed E-state index contributed by atoms with van der Waals surface area (Å²) in [6.45, 7) is 10.2. The Balaban J connectivity index is 2.02. The van der Waals surface area contributed by atoms with Crippen LogP contribution in [0.4, 0.5) is 4.79 Å². The van der Waals surface area contributed by atoms with Crippen molar-refractivity contribution in [3.63, 3.8) is 0 Å². The fourth-order valence-corrected chi connectivity index (χ4v) is 3.06. The Labute approximate surface area is 165 Å². The maximum Gasteiger partial charge on any atom is 0.487 e. The number of ether oxygens (including phenoxy) is 1. The van der Waals surface area contributed by atoms with Crippen LogP contribution in [0.3, 0.4) is 0 Å². The summed E-state index contributed by atoms with van der Waals surface area (Å²) in [4.78, 5) is 13.9. The van der Waals surface area contributed by atoms with Gasteiger partial charge in [-0.1, -0.05) is 53.3 Å². The second-order valence-electron chi connectivity index (χ2n) is 7.51. The Morgan fingerprint density at radius 1 is 1.32 bits per heavy atom. The lowest BCUT2D eigenvalue weighted by molar-refractivity contribution is 0.00578. The van der Waals surface area contributed by atoms with E-state index in [1.165, 1.54) is 0 Å². The molecule has 2 rings (SSSR count). The number of hydrogen-bond acceptors (Lipinski definition) is 4. The molecule has 0 unspecified atom stereocenters. The van der Waals surface area contributed by atoms with E-state index < -0.39 is 17.0 Å². The van der Waals surface area contributed by atoms with Crippen molar-refractivity contribution < 1.29 is 18.8 Å². The molecule has 2 aliphatic rings. The molecule has 142 valence electrons. The quantitative estimate of drug-likeness (QED) is 0.505. The summed E-state index contributed by atoms with van der Waals surface area (Å²) < 4.78 is 15.5. The van der Waals surface area contributed by atoms with E-state index in [0.29, 0.717) is 6.54 Å². The van der Waals surface area contributed by atoms with E-state index in [0.717, 1.165) is 18.4 Å². The number of likely N-dealkylation sites (tertiary alicyclic amines) is 1. The molecule has 2 heterocycles. The normalized spacial score (nSPS) is 27.2. The van der Waals surface area contributed by atoms with Crippen molar-refractivity contribution in [3.05, 3.63) is 11.5 Å². The predicted octanol–water partition coefficient (Wildman–Crippen LogP) is 4.54. The molecule has 0 saturated carbocycles. The van der Waals surface area contributed by atoms with Crippen LogP contribution in [0.15, 0.2) is 11.5 Å². The smallest absolute Gasteiger partial charge is 0.445 e. The molecule has 0 radical (unpaired) electrons. The first kappa shape index (κ1) is 21.2. The molecule has 2 fully saturated rings. The third kappa shape index (κ3) is 5.19. The highest BCUT2D eigenvalue weighted by Crippen LogP contribution is 2.38. The zero-order valence-corrected chi connectivity index (χ0v) is 17.5. The van der Waals surface area contributed by atoms with Crippen molar-refractivity contribution in [1.82, 2.24) is 4.90 Å². The van der Waals surface area contributed by atoms with Gasteiger partial charge < -0.3 is 18.9 Å². The van der Waals surface area contributed by atoms with Crippen LogP contribution in [0.1, 0.15) is 47.5 Å². The second-order valence-corrected chi connectivity index (χ2v) is 10.0. The maximum absolute atomic E-state index is 12.3. The summed E-state index contributed by atoms with van der Waals surface area (Å²) in [6.07, 6.45) is 1.09. The molecule has 1 amide bonds. The van der Waals surface area contributed by atoms with Crippen molar-refractivity contribution in [1.29, 1.82) is 0 Å². The molecule has 0 spiro atoms. The van der Waals surface area contributed by atoms with Crippen LogP contribution >= 0.6 is 34.8 Å². The van der Waals surface area contributed by atoms with Gasteiger partial charge in [0.1, 0.15) is 6.61 Å². The molecule has 1 atom stereocenters. The van der Waals surface area contributed by atoms with E-state index >= 15 is 0 Å². The number of nitrogens with zero attached hydrogens (tertiary/aromatic N) is 1. The number of halogens is 3. The standard InChI is InChI=1S/C16H25BCl3NO4/c1-6-12-7-11(8-17-24-14(2,3)15(4,5)25-17)9-21(12)13(22)23-10-16(18,19)20/h8,12H,6-7,9-10H2,1-5H3/t12-/m1/s1. The first-order valence-corrected chi connectivity index (χ1v) is 9.53. The lowest BCUT2D eigenvalue weighted by Crippen LogP contribution is -2.41. The number of rotatable bonds is 3. The number of carbonyl (C=O) groups excluding carboxylic acids is 1. The van der Waals surface area contributed by atoms with Gasteiger partial charge in [0, 0.05) is 12.6 Å². The van der Waals surface area contributed by atoms with E-state index in [9.17, 15) is 4.79 Å². The van der Waals surface area contributed by atoms with Gasteiger partial charge in [-0.05, 0) is 40.5 Å². The van der Waals surface area contributed by atoms with Gasteiger partial charge in [-0.15, -0.1) is 0 Å². The van der Waals surface area contributed by atoms with Crippen molar-refractivity contribution >= 4 is 48.0 Å². The second kappa shape index (κ2) is 7.47. The molecule has 9 heteroatoms. The van der Waals surface area contributed by atoms with Gasteiger partial charge in [0.25, 0.3) is 0 Å². The van der Waals surface area contributed by atoms with Gasteiger partial charge in [-0.25, -0.2) is 4.79 Å². The average Bonchev–Trinajstić information content (AvgIpc) is 2.93. The monoisotopic (exact) mass is 411 g/mol. The summed E-state index contributed by atoms with van der Waals surface area (Å²) >= 11 is 16.9. The Bertz CT molecular complexity index is 532. The molecule has 25 heavy (non-hydrogen) atoms. The van der Waals surface area contributed by atoms with E-state index in [2.05, 4.69) is 0 Å². The number of carbonyl (C=O) groups is 1. The molecular weight excluding hydrogens is 387 g/mol.